The van der Waals surface area contributed by atoms with Gasteiger partial charge >= 0.3 is 0 Å². The molecule has 3 aromatic rings. The molecule has 0 amide bonds. The molecule has 1 fully saturated rings. The van der Waals surface area contributed by atoms with Crippen LogP contribution in [-0.2, 0) is 6.54 Å². The summed E-state index contributed by atoms with van der Waals surface area (Å²) in [6, 6.07) is 18.2. The van der Waals surface area contributed by atoms with Crippen molar-refractivity contribution in [1.82, 2.24) is 15.3 Å². The molecule has 4 rings (SSSR count). The number of allylic oxidation sites excluding steroid dienone is 1. The summed E-state index contributed by atoms with van der Waals surface area (Å²) in [6.45, 7) is 2.97. The molecule has 0 bridgehead atoms. The Hall–Kier alpha value is -2.78. The van der Waals surface area contributed by atoms with Gasteiger partial charge in [0.2, 0.25) is 0 Å². The van der Waals surface area contributed by atoms with E-state index in [2.05, 4.69) is 76.0 Å². The molecule has 2 atom stereocenters. The van der Waals surface area contributed by atoms with Gasteiger partial charge in [0.1, 0.15) is 6.33 Å². The molecule has 1 heterocycles. The zero-order valence-corrected chi connectivity index (χ0v) is 15.0. The van der Waals surface area contributed by atoms with Crippen LogP contribution in [0, 0.1) is 0 Å². The Bertz CT molecular complexity index is 868. The Morgan fingerprint density at radius 2 is 1.69 bits per heavy atom. The predicted octanol–water partition coefficient (Wildman–Crippen LogP) is 4.82. The highest BCUT2D eigenvalue weighted by molar-refractivity contribution is 5.61. The van der Waals surface area contributed by atoms with Crippen LogP contribution in [0.25, 0.3) is 17.2 Å². The van der Waals surface area contributed by atoms with E-state index in [1.54, 1.807) is 6.33 Å². The summed E-state index contributed by atoms with van der Waals surface area (Å²) in [5, 5.41) is 3.68. The lowest BCUT2D eigenvalue weighted by Crippen LogP contribution is -2.17. The van der Waals surface area contributed by atoms with Gasteiger partial charge in [-0.15, -0.1) is 0 Å². The van der Waals surface area contributed by atoms with Crippen molar-refractivity contribution in [2.24, 2.45) is 0 Å². The fourth-order valence-electron chi connectivity index (χ4n) is 3.35. The zero-order valence-electron chi connectivity index (χ0n) is 15.0. The van der Waals surface area contributed by atoms with Gasteiger partial charge in [0.25, 0.3) is 0 Å². The van der Waals surface area contributed by atoms with E-state index < -0.39 is 0 Å². The first-order valence-corrected chi connectivity index (χ1v) is 9.14. The van der Waals surface area contributed by atoms with Crippen molar-refractivity contribution in [3.05, 3.63) is 90.0 Å². The van der Waals surface area contributed by atoms with E-state index in [0.717, 1.165) is 12.1 Å². The minimum atomic E-state index is 0.580. The molecule has 1 aromatic heterocycles. The largest absolute Gasteiger partial charge is 0.309 e. The van der Waals surface area contributed by atoms with Crippen LogP contribution in [0.3, 0.4) is 0 Å². The topological polar surface area (TPSA) is 37.8 Å². The fraction of sp³-hybridized carbons (Fsp3) is 0.217. The maximum absolute atomic E-state index is 4.09. The van der Waals surface area contributed by atoms with Gasteiger partial charge < -0.3 is 5.32 Å². The predicted molar refractivity (Wildman–Crippen MR) is 107 cm³/mol. The molecular formula is C23H23N3. The number of aromatic nitrogens is 2. The maximum Gasteiger partial charge on any atom is 0.115 e. The summed E-state index contributed by atoms with van der Waals surface area (Å²) in [5.74, 6) is 0.623. The normalized spacial score (nSPS) is 19.0. The first-order chi connectivity index (χ1) is 12.8. The molecule has 0 aliphatic heterocycles. The van der Waals surface area contributed by atoms with Crippen LogP contribution in [0.5, 0.6) is 0 Å². The quantitative estimate of drug-likeness (QED) is 0.698. The average Bonchev–Trinajstić information content (AvgIpc) is 3.48. The lowest BCUT2D eigenvalue weighted by Gasteiger charge is -2.06. The molecule has 26 heavy (non-hydrogen) atoms. The van der Waals surface area contributed by atoms with Crippen molar-refractivity contribution in [2.45, 2.75) is 31.8 Å². The SMILES string of the molecule is C/C=C/c1ccc(CNC2CC2c2ccc(-c3cncnc3)cc2)cc1. The Morgan fingerprint density at radius 1 is 0.962 bits per heavy atom. The Kier molecular flexibility index (Phi) is 4.89. The molecule has 0 spiro atoms. The van der Waals surface area contributed by atoms with Gasteiger partial charge in [-0.05, 0) is 35.6 Å². The Morgan fingerprint density at radius 3 is 2.38 bits per heavy atom. The third-order valence-electron chi connectivity index (χ3n) is 4.93. The standard InChI is InChI=1S/C23H23N3/c1-2-3-17-4-6-18(7-5-17)13-26-23-12-22(23)20-10-8-19(9-11-20)21-14-24-16-25-15-21/h2-11,14-16,22-23,26H,12-13H2,1H3/b3-2+. The fourth-order valence-corrected chi connectivity index (χ4v) is 3.35. The number of nitrogens with zero attached hydrogens (tertiary/aromatic N) is 2. The maximum atomic E-state index is 4.09. The van der Waals surface area contributed by atoms with Crippen LogP contribution in [0.4, 0.5) is 0 Å². The monoisotopic (exact) mass is 341 g/mol. The van der Waals surface area contributed by atoms with Crippen LogP contribution in [0.15, 0.2) is 73.3 Å². The minimum Gasteiger partial charge on any atom is -0.309 e. The Balaban J connectivity index is 1.32. The second-order valence-corrected chi connectivity index (χ2v) is 6.82. The average molecular weight is 341 g/mol. The molecule has 1 aliphatic rings. The van der Waals surface area contributed by atoms with Crippen LogP contribution < -0.4 is 5.32 Å². The third kappa shape index (κ3) is 3.89. The van der Waals surface area contributed by atoms with Gasteiger partial charge in [0, 0.05) is 36.5 Å². The smallest absolute Gasteiger partial charge is 0.115 e. The molecule has 3 heteroatoms. The first-order valence-electron chi connectivity index (χ1n) is 9.14. The minimum absolute atomic E-state index is 0.580. The van der Waals surface area contributed by atoms with E-state index in [4.69, 9.17) is 0 Å². The molecule has 0 radical (unpaired) electrons. The molecule has 3 nitrogen and oxygen atoms in total. The van der Waals surface area contributed by atoms with Gasteiger partial charge in [-0.2, -0.15) is 0 Å². The van der Waals surface area contributed by atoms with Gasteiger partial charge in [0.15, 0.2) is 0 Å². The van der Waals surface area contributed by atoms with Crippen molar-refractivity contribution in [2.75, 3.05) is 0 Å². The van der Waals surface area contributed by atoms with Crippen molar-refractivity contribution in [1.29, 1.82) is 0 Å². The molecule has 1 saturated carbocycles. The summed E-state index contributed by atoms with van der Waals surface area (Å²) in [7, 11) is 0. The van der Waals surface area contributed by atoms with Crippen LogP contribution >= 0.6 is 0 Å². The molecule has 2 aromatic carbocycles. The van der Waals surface area contributed by atoms with Crippen molar-refractivity contribution in [3.63, 3.8) is 0 Å². The number of hydrogen-bond acceptors (Lipinski definition) is 3. The zero-order chi connectivity index (χ0) is 17.8. The lowest BCUT2D eigenvalue weighted by molar-refractivity contribution is 0.673. The van der Waals surface area contributed by atoms with E-state index in [0.29, 0.717) is 12.0 Å². The van der Waals surface area contributed by atoms with Gasteiger partial charge in [-0.25, -0.2) is 9.97 Å². The van der Waals surface area contributed by atoms with Crippen molar-refractivity contribution in [3.8, 4) is 11.1 Å². The molecule has 1 aliphatic carbocycles. The van der Waals surface area contributed by atoms with Crippen LogP contribution in [0.1, 0.15) is 36.0 Å². The van der Waals surface area contributed by atoms with Crippen molar-refractivity contribution >= 4 is 6.08 Å². The molecule has 130 valence electrons. The lowest BCUT2D eigenvalue weighted by atomic mass is 10.0. The van der Waals surface area contributed by atoms with Gasteiger partial charge in [0.05, 0.1) is 0 Å². The number of benzene rings is 2. The van der Waals surface area contributed by atoms with Crippen molar-refractivity contribution < 1.29 is 0 Å². The number of hydrogen-bond donors (Lipinski definition) is 1. The van der Waals surface area contributed by atoms with Gasteiger partial charge in [-0.1, -0.05) is 60.7 Å². The van der Waals surface area contributed by atoms with E-state index in [-0.39, 0.29) is 0 Å². The van der Waals surface area contributed by atoms with Crippen LogP contribution in [-0.4, -0.2) is 16.0 Å². The van der Waals surface area contributed by atoms with E-state index in [1.807, 2.05) is 19.3 Å². The summed E-state index contributed by atoms with van der Waals surface area (Å²) in [4.78, 5) is 8.17. The highest BCUT2D eigenvalue weighted by Crippen LogP contribution is 2.41. The third-order valence-corrected chi connectivity index (χ3v) is 4.93. The summed E-state index contributed by atoms with van der Waals surface area (Å²) in [5.41, 5.74) is 6.23. The van der Waals surface area contributed by atoms with Gasteiger partial charge in [-0.3, -0.25) is 0 Å². The Labute approximate surface area is 154 Å². The first kappa shape index (κ1) is 16.7. The molecule has 1 N–H and O–H groups in total. The summed E-state index contributed by atoms with van der Waals surface area (Å²) < 4.78 is 0. The highest BCUT2D eigenvalue weighted by Gasteiger charge is 2.37. The number of nitrogens with one attached hydrogen (secondary N) is 1. The highest BCUT2D eigenvalue weighted by atomic mass is 15.0. The summed E-state index contributed by atoms with van der Waals surface area (Å²) in [6.07, 6.45) is 10.7. The van der Waals surface area contributed by atoms with Crippen LogP contribution in [0.2, 0.25) is 0 Å². The number of rotatable bonds is 6. The van der Waals surface area contributed by atoms with E-state index in [1.165, 1.54) is 28.7 Å². The molecule has 2 unspecified atom stereocenters. The molecular weight excluding hydrogens is 318 g/mol. The second kappa shape index (κ2) is 7.63. The summed E-state index contributed by atoms with van der Waals surface area (Å²) >= 11 is 0. The van der Waals surface area contributed by atoms with E-state index in [9.17, 15) is 0 Å². The molecule has 0 saturated heterocycles. The second-order valence-electron chi connectivity index (χ2n) is 6.82. The van der Waals surface area contributed by atoms with E-state index >= 15 is 0 Å².